The molecular weight excluding hydrogens is 424 g/mol. The Balaban J connectivity index is 0.00000210. The molecule has 162 valence electrons. The summed E-state index contributed by atoms with van der Waals surface area (Å²) in [5.41, 5.74) is 6.42. The third-order valence-corrected chi connectivity index (χ3v) is 5.24. The van der Waals surface area contributed by atoms with Crippen LogP contribution in [0.1, 0.15) is 35.1 Å². The molecule has 3 nitrogen and oxygen atoms in total. The number of likely N-dealkylation sites (tertiary alicyclic amines) is 1. The first-order chi connectivity index (χ1) is 12.8. The Labute approximate surface area is 181 Å². The minimum Gasteiger partial charge on any atom is -0.385 e. The van der Waals surface area contributed by atoms with Gasteiger partial charge in [-0.15, -0.1) is 24.8 Å². The molecule has 0 saturated carbocycles. The summed E-state index contributed by atoms with van der Waals surface area (Å²) in [6.07, 6.45) is -2.74. The molecule has 1 fully saturated rings. The van der Waals surface area contributed by atoms with Gasteiger partial charge in [0.1, 0.15) is 0 Å². The van der Waals surface area contributed by atoms with E-state index in [4.69, 9.17) is 5.73 Å². The number of benzene rings is 2. The van der Waals surface area contributed by atoms with Crippen molar-refractivity contribution in [3.8, 4) is 0 Å². The van der Waals surface area contributed by atoms with Crippen LogP contribution in [0.15, 0.2) is 48.5 Å². The lowest BCUT2D eigenvalue weighted by molar-refractivity contribution is -0.137. The van der Waals surface area contributed by atoms with Crippen molar-refractivity contribution in [2.24, 2.45) is 5.73 Å². The average Bonchev–Trinajstić information content (AvgIpc) is 2.64. The van der Waals surface area contributed by atoms with Gasteiger partial charge >= 0.3 is 6.18 Å². The van der Waals surface area contributed by atoms with Crippen molar-refractivity contribution < 1.29 is 18.3 Å². The van der Waals surface area contributed by atoms with Crippen LogP contribution in [0.2, 0.25) is 0 Å². The fourth-order valence-corrected chi connectivity index (χ4v) is 3.66. The Bertz CT molecular complexity index is 779. The van der Waals surface area contributed by atoms with E-state index in [0.717, 1.165) is 25.1 Å². The van der Waals surface area contributed by atoms with Crippen LogP contribution in [0.3, 0.4) is 0 Å². The summed E-state index contributed by atoms with van der Waals surface area (Å²) in [5, 5.41) is 10.9. The summed E-state index contributed by atoms with van der Waals surface area (Å²) in [6, 6.07) is 13.3. The Hall–Kier alpha value is -1.31. The van der Waals surface area contributed by atoms with Crippen molar-refractivity contribution in [1.29, 1.82) is 0 Å². The Morgan fingerprint density at radius 2 is 1.59 bits per heavy atom. The molecule has 3 N–H and O–H groups in total. The van der Waals surface area contributed by atoms with E-state index in [1.54, 1.807) is 6.07 Å². The highest BCUT2D eigenvalue weighted by Crippen LogP contribution is 2.37. The molecule has 1 saturated heterocycles. The van der Waals surface area contributed by atoms with Gasteiger partial charge in [0.15, 0.2) is 0 Å². The molecule has 0 aromatic heterocycles. The Morgan fingerprint density at radius 1 is 0.966 bits per heavy atom. The van der Waals surface area contributed by atoms with Gasteiger partial charge < -0.3 is 10.8 Å². The minimum absolute atomic E-state index is 0. The number of nitrogens with two attached hydrogens (primary N) is 1. The maximum atomic E-state index is 13.0. The van der Waals surface area contributed by atoms with E-state index in [1.165, 1.54) is 17.2 Å². The third-order valence-electron chi connectivity index (χ3n) is 5.24. The first-order valence-corrected chi connectivity index (χ1v) is 9.20. The molecule has 29 heavy (non-hydrogen) atoms. The topological polar surface area (TPSA) is 49.5 Å². The number of hydrogen-bond acceptors (Lipinski definition) is 3. The lowest BCUT2D eigenvalue weighted by atomic mass is 9.83. The molecule has 0 radical (unpaired) electrons. The zero-order chi connectivity index (χ0) is 19.5. The molecule has 0 bridgehead atoms. The fraction of sp³-hybridized carbons (Fsp3) is 0.429. The second kappa shape index (κ2) is 10.6. The number of alkyl halides is 3. The molecule has 2 aromatic rings. The van der Waals surface area contributed by atoms with Crippen LogP contribution >= 0.6 is 24.8 Å². The van der Waals surface area contributed by atoms with Crippen molar-refractivity contribution in [3.05, 3.63) is 70.8 Å². The molecule has 0 atom stereocenters. The van der Waals surface area contributed by atoms with Crippen LogP contribution in [0.5, 0.6) is 0 Å². The standard InChI is InChI=1S/C21H25F3N2O.2ClH/c22-21(23,24)19-6-2-5-18(14-19)20(27)8-11-26(12-9-20)15-17-4-1-3-16(13-17)7-10-25;;/h1-6,13-14,27H,7-12,15,25H2;2*1H. The van der Waals surface area contributed by atoms with Gasteiger partial charge in [-0.1, -0.05) is 36.4 Å². The molecule has 1 aliphatic rings. The highest BCUT2D eigenvalue weighted by Gasteiger charge is 2.37. The Kier molecular flexibility index (Phi) is 9.44. The van der Waals surface area contributed by atoms with Gasteiger partial charge in [-0.2, -0.15) is 13.2 Å². The van der Waals surface area contributed by atoms with E-state index in [1.807, 2.05) is 6.07 Å². The van der Waals surface area contributed by atoms with Gasteiger partial charge in [-0.25, -0.2) is 0 Å². The van der Waals surface area contributed by atoms with Gasteiger partial charge in [-0.3, -0.25) is 4.90 Å². The SMILES string of the molecule is Cl.Cl.NCCc1cccc(CN2CCC(O)(c3cccc(C(F)(F)F)c3)CC2)c1. The van der Waals surface area contributed by atoms with E-state index in [-0.39, 0.29) is 24.8 Å². The van der Waals surface area contributed by atoms with E-state index in [9.17, 15) is 18.3 Å². The van der Waals surface area contributed by atoms with Crippen LogP contribution in [-0.4, -0.2) is 29.6 Å². The van der Waals surface area contributed by atoms with Crippen LogP contribution in [-0.2, 0) is 24.7 Å². The lowest BCUT2D eigenvalue weighted by Crippen LogP contribution is -2.42. The predicted octanol–water partition coefficient (Wildman–Crippen LogP) is 4.53. The maximum Gasteiger partial charge on any atom is 0.416 e. The van der Waals surface area contributed by atoms with Crippen molar-refractivity contribution in [1.82, 2.24) is 4.90 Å². The number of nitrogens with zero attached hydrogens (tertiary/aromatic N) is 1. The largest absolute Gasteiger partial charge is 0.416 e. The molecule has 1 heterocycles. The number of rotatable bonds is 5. The summed E-state index contributed by atoms with van der Waals surface area (Å²) in [4.78, 5) is 2.23. The van der Waals surface area contributed by atoms with Crippen LogP contribution < -0.4 is 5.73 Å². The zero-order valence-corrected chi connectivity index (χ0v) is 17.6. The minimum atomic E-state index is -4.40. The second-order valence-corrected chi connectivity index (χ2v) is 7.24. The summed E-state index contributed by atoms with van der Waals surface area (Å²) in [5.74, 6) is 0. The summed E-state index contributed by atoms with van der Waals surface area (Å²) in [7, 11) is 0. The summed E-state index contributed by atoms with van der Waals surface area (Å²) >= 11 is 0. The van der Waals surface area contributed by atoms with Gasteiger partial charge in [-0.05, 0) is 54.6 Å². The number of piperidine rings is 1. The zero-order valence-electron chi connectivity index (χ0n) is 16.0. The van der Waals surface area contributed by atoms with Crippen molar-refractivity contribution >= 4 is 24.8 Å². The smallest absolute Gasteiger partial charge is 0.385 e. The fourth-order valence-electron chi connectivity index (χ4n) is 3.66. The first kappa shape index (κ1) is 25.7. The van der Waals surface area contributed by atoms with Crippen LogP contribution in [0, 0.1) is 0 Å². The van der Waals surface area contributed by atoms with E-state index < -0.39 is 17.3 Å². The Morgan fingerprint density at radius 3 is 2.21 bits per heavy atom. The monoisotopic (exact) mass is 450 g/mol. The molecule has 2 aromatic carbocycles. The van der Waals surface area contributed by atoms with Crippen molar-refractivity contribution in [2.75, 3.05) is 19.6 Å². The van der Waals surface area contributed by atoms with E-state index in [2.05, 4.69) is 23.1 Å². The van der Waals surface area contributed by atoms with E-state index in [0.29, 0.717) is 38.0 Å². The van der Waals surface area contributed by atoms with Crippen molar-refractivity contribution in [3.63, 3.8) is 0 Å². The molecule has 0 spiro atoms. The van der Waals surface area contributed by atoms with Gasteiger partial charge in [0, 0.05) is 19.6 Å². The summed E-state index contributed by atoms with van der Waals surface area (Å²) < 4.78 is 38.9. The van der Waals surface area contributed by atoms with Gasteiger partial charge in [0.25, 0.3) is 0 Å². The van der Waals surface area contributed by atoms with Gasteiger partial charge in [0.2, 0.25) is 0 Å². The third kappa shape index (κ3) is 6.59. The van der Waals surface area contributed by atoms with E-state index >= 15 is 0 Å². The highest BCUT2D eigenvalue weighted by atomic mass is 35.5. The quantitative estimate of drug-likeness (QED) is 0.702. The molecule has 3 rings (SSSR count). The average molecular weight is 451 g/mol. The lowest BCUT2D eigenvalue weighted by Gasteiger charge is -2.38. The molecular formula is C21H27Cl2F3N2O. The first-order valence-electron chi connectivity index (χ1n) is 9.20. The molecule has 0 aliphatic carbocycles. The van der Waals surface area contributed by atoms with Crippen LogP contribution in [0.25, 0.3) is 0 Å². The normalized spacial score (nSPS) is 16.6. The number of aliphatic hydroxyl groups is 1. The molecule has 0 amide bonds. The van der Waals surface area contributed by atoms with Crippen LogP contribution in [0.4, 0.5) is 13.2 Å². The van der Waals surface area contributed by atoms with Gasteiger partial charge in [0.05, 0.1) is 11.2 Å². The number of hydrogen-bond donors (Lipinski definition) is 2. The molecule has 8 heteroatoms. The highest BCUT2D eigenvalue weighted by molar-refractivity contribution is 5.85. The summed E-state index contributed by atoms with van der Waals surface area (Å²) in [6.45, 7) is 2.63. The number of halogens is 5. The second-order valence-electron chi connectivity index (χ2n) is 7.24. The maximum absolute atomic E-state index is 13.0. The van der Waals surface area contributed by atoms with Crippen molar-refractivity contribution in [2.45, 2.75) is 37.6 Å². The molecule has 1 aliphatic heterocycles. The predicted molar refractivity (Wildman–Crippen MR) is 114 cm³/mol. The molecule has 0 unspecified atom stereocenters.